The molecule has 0 fully saturated rings. The number of carbonyl (C=O) groups excluding carboxylic acids is 1. The van der Waals surface area contributed by atoms with Crippen LogP contribution in [0.2, 0.25) is 0 Å². The average Bonchev–Trinajstić information content (AvgIpc) is 2.21. The molecule has 82 valence electrons. The van der Waals surface area contributed by atoms with Crippen LogP contribution in [0.3, 0.4) is 0 Å². The van der Waals surface area contributed by atoms with Gasteiger partial charge in [0.1, 0.15) is 6.73 Å². The molecule has 3 nitrogen and oxygen atoms in total. The highest BCUT2D eigenvalue weighted by molar-refractivity contribution is 5.92. The number of unbranched alkanes of at least 4 members (excludes halogenated alkanes) is 2. The van der Waals surface area contributed by atoms with Gasteiger partial charge in [-0.2, -0.15) is 0 Å². The molecule has 0 rings (SSSR count). The number of ether oxygens (including phenoxy) is 1. The Morgan fingerprint density at radius 1 is 1.43 bits per heavy atom. The van der Waals surface area contributed by atoms with Crippen molar-refractivity contribution in [3.63, 3.8) is 0 Å². The third-order valence-corrected chi connectivity index (χ3v) is 2.02. The van der Waals surface area contributed by atoms with Crippen LogP contribution in [-0.2, 0) is 9.53 Å². The summed E-state index contributed by atoms with van der Waals surface area (Å²) in [5.41, 5.74) is 0.724. The van der Waals surface area contributed by atoms with E-state index >= 15 is 0 Å². The third-order valence-electron chi connectivity index (χ3n) is 2.02. The van der Waals surface area contributed by atoms with Gasteiger partial charge in [0, 0.05) is 12.2 Å². The first-order chi connectivity index (χ1) is 6.72. The van der Waals surface area contributed by atoms with E-state index in [1.807, 2.05) is 6.92 Å². The second-order valence-corrected chi connectivity index (χ2v) is 3.24. The van der Waals surface area contributed by atoms with Gasteiger partial charge in [0.15, 0.2) is 0 Å². The number of rotatable bonds is 7. The molecular formula is C11H21NO2. The molecule has 0 aliphatic heterocycles. The lowest BCUT2D eigenvalue weighted by Crippen LogP contribution is -2.26. The molecule has 0 saturated heterocycles. The zero-order valence-electron chi connectivity index (χ0n) is 9.43. The van der Waals surface area contributed by atoms with E-state index in [2.05, 4.69) is 12.2 Å². The molecule has 0 aliphatic rings. The van der Waals surface area contributed by atoms with E-state index in [4.69, 9.17) is 4.74 Å². The van der Waals surface area contributed by atoms with Gasteiger partial charge in [0.2, 0.25) is 5.91 Å². The molecule has 3 heteroatoms. The van der Waals surface area contributed by atoms with Gasteiger partial charge in [0.05, 0.1) is 0 Å². The number of hydrogen-bond donors (Lipinski definition) is 1. The Labute approximate surface area is 86.5 Å². The van der Waals surface area contributed by atoms with Crippen LogP contribution in [0.1, 0.15) is 40.0 Å². The number of hydrogen-bond acceptors (Lipinski definition) is 2. The number of nitrogens with one attached hydrogen (secondary N) is 1. The van der Waals surface area contributed by atoms with Crippen LogP contribution in [0.15, 0.2) is 11.6 Å². The fourth-order valence-corrected chi connectivity index (χ4v) is 0.913. The molecule has 1 amide bonds. The molecule has 0 heterocycles. The van der Waals surface area contributed by atoms with Crippen molar-refractivity contribution in [2.75, 3.05) is 13.3 Å². The molecule has 0 aromatic rings. The van der Waals surface area contributed by atoms with Gasteiger partial charge >= 0.3 is 0 Å². The molecule has 0 spiro atoms. The topological polar surface area (TPSA) is 38.3 Å². The quantitative estimate of drug-likeness (QED) is 0.388. The van der Waals surface area contributed by atoms with Gasteiger partial charge in [0.25, 0.3) is 0 Å². The Kier molecular flexibility index (Phi) is 8.24. The van der Waals surface area contributed by atoms with Crippen molar-refractivity contribution in [3.8, 4) is 0 Å². The van der Waals surface area contributed by atoms with E-state index in [1.54, 1.807) is 13.0 Å². The van der Waals surface area contributed by atoms with E-state index in [1.165, 1.54) is 12.8 Å². The minimum atomic E-state index is -0.0528. The summed E-state index contributed by atoms with van der Waals surface area (Å²) in [5.74, 6) is -0.0528. The molecule has 0 atom stereocenters. The van der Waals surface area contributed by atoms with E-state index in [9.17, 15) is 4.79 Å². The van der Waals surface area contributed by atoms with Gasteiger partial charge in [-0.1, -0.05) is 25.8 Å². The van der Waals surface area contributed by atoms with Crippen LogP contribution in [0.5, 0.6) is 0 Å². The van der Waals surface area contributed by atoms with E-state index in [-0.39, 0.29) is 5.91 Å². The van der Waals surface area contributed by atoms with Crippen LogP contribution in [0.25, 0.3) is 0 Å². The zero-order chi connectivity index (χ0) is 10.8. The van der Waals surface area contributed by atoms with Crippen molar-refractivity contribution in [2.24, 2.45) is 0 Å². The maximum Gasteiger partial charge on any atom is 0.248 e. The SMILES string of the molecule is CC=C(C)C(=O)NCOCCCCC. The average molecular weight is 199 g/mol. The predicted octanol–water partition coefficient (Wildman–Crippen LogP) is 2.23. The number of allylic oxidation sites excluding steroid dienone is 1. The largest absolute Gasteiger partial charge is 0.361 e. The molecule has 0 aromatic heterocycles. The number of carbonyl (C=O) groups is 1. The van der Waals surface area contributed by atoms with Crippen LogP contribution in [0, 0.1) is 0 Å². The smallest absolute Gasteiger partial charge is 0.248 e. The van der Waals surface area contributed by atoms with Gasteiger partial charge in [-0.15, -0.1) is 0 Å². The van der Waals surface area contributed by atoms with Gasteiger partial charge in [-0.05, 0) is 20.3 Å². The maximum absolute atomic E-state index is 11.2. The van der Waals surface area contributed by atoms with Crippen molar-refractivity contribution in [2.45, 2.75) is 40.0 Å². The fraction of sp³-hybridized carbons (Fsp3) is 0.727. The molecule has 0 unspecified atom stereocenters. The third kappa shape index (κ3) is 6.66. The summed E-state index contributed by atoms with van der Waals surface area (Å²) in [7, 11) is 0. The molecule has 0 bridgehead atoms. The molecule has 14 heavy (non-hydrogen) atoms. The van der Waals surface area contributed by atoms with Crippen molar-refractivity contribution < 1.29 is 9.53 Å². The normalized spacial score (nSPS) is 11.5. The molecular weight excluding hydrogens is 178 g/mol. The van der Waals surface area contributed by atoms with Crippen LogP contribution >= 0.6 is 0 Å². The van der Waals surface area contributed by atoms with Crippen molar-refractivity contribution in [1.29, 1.82) is 0 Å². The Morgan fingerprint density at radius 2 is 2.14 bits per heavy atom. The summed E-state index contributed by atoms with van der Waals surface area (Å²) in [6.07, 6.45) is 5.22. The first-order valence-corrected chi connectivity index (χ1v) is 5.21. The Morgan fingerprint density at radius 3 is 2.71 bits per heavy atom. The Bertz CT molecular complexity index is 188. The summed E-state index contributed by atoms with van der Waals surface area (Å²) < 4.78 is 5.24. The highest BCUT2D eigenvalue weighted by Gasteiger charge is 2.00. The predicted molar refractivity (Wildman–Crippen MR) is 57.9 cm³/mol. The van der Waals surface area contributed by atoms with Crippen molar-refractivity contribution in [3.05, 3.63) is 11.6 Å². The van der Waals surface area contributed by atoms with Crippen LogP contribution in [0.4, 0.5) is 0 Å². The highest BCUT2D eigenvalue weighted by atomic mass is 16.5. The van der Waals surface area contributed by atoms with E-state index < -0.39 is 0 Å². The second kappa shape index (κ2) is 8.75. The first kappa shape index (κ1) is 13.2. The monoisotopic (exact) mass is 199 g/mol. The fourth-order valence-electron chi connectivity index (χ4n) is 0.913. The summed E-state index contributed by atoms with van der Waals surface area (Å²) in [5, 5.41) is 2.68. The zero-order valence-corrected chi connectivity index (χ0v) is 9.43. The van der Waals surface area contributed by atoms with Gasteiger partial charge in [-0.25, -0.2) is 0 Å². The lowest BCUT2D eigenvalue weighted by Gasteiger charge is -2.05. The van der Waals surface area contributed by atoms with Crippen LogP contribution in [-0.4, -0.2) is 19.2 Å². The summed E-state index contributed by atoms with van der Waals surface area (Å²) >= 11 is 0. The first-order valence-electron chi connectivity index (χ1n) is 5.21. The molecule has 0 saturated carbocycles. The summed E-state index contributed by atoms with van der Waals surface area (Å²) in [6, 6.07) is 0. The van der Waals surface area contributed by atoms with Gasteiger partial charge < -0.3 is 10.1 Å². The Balaban J connectivity index is 3.32. The standard InChI is InChI=1S/C11H21NO2/c1-4-6-7-8-14-9-12-11(13)10(3)5-2/h5H,4,6-9H2,1-3H3,(H,12,13). The highest BCUT2D eigenvalue weighted by Crippen LogP contribution is 1.94. The van der Waals surface area contributed by atoms with Crippen molar-refractivity contribution in [1.82, 2.24) is 5.32 Å². The lowest BCUT2D eigenvalue weighted by molar-refractivity contribution is -0.119. The molecule has 1 N–H and O–H groups in total. The van der Waals surface area contributed by atoms with E-state index in [0.717, 1.165) is 18.6 Å². The summed E-state index contributed by atoms with van der Waals surface area (Å²) in [6.45, 7) is 6.82. The van der Waals surface area contributed by atoms with Crippen molar-refractivity contribution >= 4 is 5.91 Å². The van der Waals surface area contributed by atoms with Gasteiger partial charge in [-0.3, -0.25) is 4.79 Å². The summed E-state index contributed by atoms with van der Waals surface area (Å²) in [4.78, 5) is 11.2. The minimum absolute atomic E-state index is 0.0528. The minimum Gasteiger partial charge on any atom is -0.361 e. The van der Waals surface area contributed by atoms with Crippen LogP contribution < -0.4 is 5.32 Å². The molecule has 0 aromatic carbocycles. The molecule has 0 radical (unpaired) electrons. The lowest BCUT2D eigenvalue weighted by atomic mass is 10.3. The Hall–Kier alpha value is -0.830. The number of amides is 1. The maximum atomic E-state index is 11.2. The van der Waals surface area contributed by atoms with E-state index in [0.29, 0.717) is 6.73 Å². The molecule has 0 aliphatic carbocycles. The second-order valence-electron chi connectivity index (χ2n) is 3.24.